The minimum Gasteiger partial charge on any atom is -0.325 e. The summed E-state index contributed by atoms with van der Waals surface area (Å²) in [5.41, 5.74) is 2.17. The van der Waals surface area contributed by atoms with Crippen molar-refractivity contribution >= 4 is 51.5 Å². The van der Waals surface area contributed by atoms with E-state index in [9.17, 15) is 13.2 Å². The molecule has 2 heterocycles. The number of carbonyl (C=O) groups is 1. The number of carbonyl (C=O) groups excluding carboxylic acids is 1. The monoisotopic (exact) mass is 377 g/mol. The van der Waals surface area contributed by atoms with Gasteiger partial charge in [-0.25, -0.2) is 8.42 Å². The van der Waals surface area contributed by atoms with Gasteiger partial charge >= 0.3 is 0 Å². The Morgan fingerprint density at radius 1 is 1.43 bits per heavy atom. The van der Waals surface area contributed by atoms with E-state index in [0.717, 1.165) is 17.2 Å². The highest BCUT2D eigenvalue weighted by Crippen LogP contribution is 2.30. The Morgan fingerprint density at radius 2 is 2.22 bits per heavy atom. The number of hydrogen-bond donors (Lipinski definition) is 2. The van der Waals surface area contributed by atoms with Gasteiger partial charge in [0, 0.05) is 23.9 Å². The SMILES string of the molecule is Cc1ccc(NC(=O)C2CSCN2)cc1N1CCCS1(=O)=O.Cl. The van der Waals surface area contributed by atoms with Crippen LogP contribution in [-0.2, 0) is 14.8 Å². The molecule has 2 aliphatic heterocycles. The van der Waals surface area contributed by atoms with Crippen molar-refractivity contribution in [3.05, 3.63) is 23.8 Å². The van der Waals surface area contributed by atoms with E-state index >= 15 is 0 Å². The van der Waals surface area contributed by atoms with E-state index < -0.39 is 10.0 Å². The Morgan fingerprint density at radius 3 is 2.83 bits per heavy atom. The maximum Gasteiger partial charge on any atom is 0.242 e. The standard InChI is InChI=1S/C14H19N3O3S2.ClH/c1-10-3-4-11(16-14(18)12-8-21-9-15-12)7-13(10)17-5-2-6-22(17,19)20;/h3-4,7,12,15H,2,5-6,8-9H2,1H3,(H,16,18);1H. The molecule has 1 atom stereocenters. The summed E-state index contributed by atoms with van der Waals surface area (Å²) in [4.78, 5) is 12.1. The number of thioether (sulfide) groups is 1. The summed E-state index contributed by atoms with van der Waals surface area (Å²) in [6.45, 7) is 2.38. The number of amides is 1. The van der Waals surface area contributed by atoms with Crippen molar-refractivity contribution in [1.82, 2.24) is 5.32 Å². The summed E-state index contributed by atoms with van der Waals surface area (Å²) >= 11 is 1.69. The van der Waals surface area contributed by atoms with Gasteiger partial charge in [0.25, 0.3) is 0 Å². The number of aryl methyl sites for hydroxylation is 1. The molecule has 9 heteroatoms. The molecule has 3 rings (SSSR count). The highest BCUT2D eigenvalue weighted by molar-refractivity contribution is 7.99. The van der Waals surface area contributed by atoms with Crippen molar-refractivity contribution in [3.63, 3.8) is 0 Å². The van der Waals surface area contributed by atoms with Crippen molar-refractivity contribution in [2.45, 2.75) is 19.4 Å². The molecule has 1 aromatic rings. The summed E-state index contributed by atoms with van der Waals surface area (Å²) < 4.78 is 25.6. The third-order valence-electron chi connectivity index (χ3n) is 3.88. The predicted molar refractivity (Wildman–Crippen MR) is 97.1 cm³/mol. The van der Waals surface area contributed by atoms with Gasteiger partial charge < -0.3 is 5.32 Å². The molecular weight excluding hydrogens is 358 g/mol. The van der Waals surface area contributed by atoms with Crippen molar-refractivity contribution in [3.8, 4) is 0 Å². The fourth-order valence-electron chi connectivity index (χ4n) is 2.66. The minimum absolute atomic E-state index is 0. The topological polar surface area (TPSA) is 78.5 Å². The van der Waals surface area contributed by atoms with Gasteiger partial charge in [-0.2, -0.15) is 0 Å². The molecule has 0 radical (unpaired) electrons. The summed E-state index contributed by atoms with van der Waals surface area (Å²) in [7, 11) is -3.22. The van der Waals surface area contributed by atoms with Crippen molar-refractivity contribution in [2.24, 2.45) is 0 Å². The molecule has 0 aromatic heterocycles. The molecule has 0 spiro atoms. The van der Waals surface area contributed by atoms with Gasteiger partial charge in [0.2, 0.25) is 15.9 Å². The molecule has 1 aromatic carbocycles. The first-order valence-corrected chi connectivity index (χ1v) is 9.97. The molecule has 2 saturated heterocycles. The zero-order valence-electron chi connectivity index (χ0n) is 12.7. The average Bonchev–Trinajstić information content (AvgIpc) is 3.10. The number of anilines is 2. The van der Waals surface area contributed by atoms with E-state index in [4.69, 9.17) is 0 Å². The molecule has 2 N–H and O–H groups in total. The van der Waals surface area contributed by atoms with Crippen LogP contribution < -0.4 is 14.9 Å². The highest BCUT2D eigenvalue weighted by atomic mass is 35.5. The first-order valence-electron chi connectivity index (χ1n) is 7.20. The average molecular weight is 378 g/mol. The van der Waals surface area contributed by atoms with Gasteiger partial charge in [0.15, 0.2) is 0 Å². The summed E-state index contributed by atoms with van der Waals surface area (Å²) in [5, 5.41) is 5.98. The lowest BCUT2D eigenvalue weighted by Crippen LogP contribution is -2.37. The van der Waals surface area contributed by atoms with Crippen LogP contribution in [0.4, 0.5) is 11.4 Å². The highest BCUT2D eigenvalue weighted by Gasteiger charge is 2.30. The third kappa shape index (κ3) is 3.93. The minimum atomic E-state index is -3.22. The van der Waals surface area contributed by atoms with Gasteiger partial charge in [-0.05, 0) is 31.0 Å². The Hall–Kier alpha value is -0.960. The zero-order chi connectivity index (χ0) is 15.7. The second-order valence-electron chi connectivity index (χ2n) is 5.50. The number of nitrogens with one attached hydrogen (secondary N) is 2. The second-order valence-corrected chi connectivity index (χ2v) is 8.55. The van der Waals surface area contributed by atoms with E-state index in [0.29, 0.717) is 24.3 Å². The largest absolute Gasteiger partial charge is 0.325 e. The molecule has 2 fully saturated rings. The fourth-order valence-corrected chi connectivity index (χ4v) is 5.22. The molecule has 0 saturated carbocycles. The van der Waals surface area contributed by atoms with E-state index in [-0.39, 0.29) is 30.1 Å². The van der Waals surface area contributed by atoms with Crippen molar-refractivity contribution in [1.29, 1.82) is 0 Å². The molecule has 1 unspecified atom stereocenters. The van der Waals surface area contributed by atoms with Crippen LogP contribution in [0.15, 0.2) is 18.2 Å². The number of hydrogen-bond acceptors (Lipinski definition) is 5. The van der Waals surface area contributed by atoms with Crippen LogP contribution >= 0.6 is 24.2 Å². The Labute approximate surface area is 146 Å². The van der Waals surface area contributed by atoms with Crippen LogP contribution in [0.5, 0.6) is 0 Å². The first-order chi connectivity index (χ1) is 10.5. The Balaban J connectivity index is 0.00000192. The van der Waals surface area contributed by atoms with Crippen LogP contribution in [0, 0.1) is 6.92 Å². The van der Waals surface area contributed by atoms with Gasteiger partial charge in [0.1, 0.15) is 0 Å². The van der Waals surface area contributed by atoms with Crippen LogP contribution in [0.25, 0.3) is 0 Å². The number of benzene rings is 1. The van der Waals surface area contributed by atoms with Gasteiger partial charge in [-0.15, -0.1) is 24.2 Å². The number of sulfonamides is 1. The van der Waals surface area contributed by atoms with Crippen LogP contribution in [0.3, 0.4) is 0 Å². The van der Waals surface area contributed by atoms with Gasteiger partial charge in [-0.3, -0.25) is 14.4 Å². The van der Waals surface area contributed by atoms with E-state index in [1.165, 1.54) is 4.31 Å². The maximum absolute atomic E-state index is 12.1. The van der Waals surface area contributed by atoms with Crippen molar-refractivity contribution < 1.29 is 13.2 Å². The zero-order valence-corrected chi connectivity index (χ0v) is 15.2. The van der Waals surface area contributed by atoms with Crippen LogP contribution in [-0.4, -0.2) is 44.3 Å². The lowest BCUT2D eigenvalue weighted by Gasteiger charge is -2.20. The summed E-state index contributed by atoms with van der Waals surface area (Å²) in [6, 6.07) is 5.21. The lowest BCUT2D eigenvalue weighted by molar-refractivity contribution is -0.117. The van der Waals surface area contributed by atoms with E-state index in [1.54, 1.807) is 17.8 Å². The van der Waals surface area contributed by atoms with E-state index in [2.05, 4.69) is 10.6 Å². The number of rotatable bonds is 3. The lowest BCUT2D eigenvalue weighted by atomic mass is 10.1. The molecule has 23 heavy (non-hydrogen) atoms. The number of nitrogens with zero attached hydrogens (tertiary/aromatic N) is 1. The molecule has 0 bridgehead atoms. The summed E-state index contributed by atoms with van der Waals surface area (Å²) in [6.07, 6.45) is 0.640. The molecule has 2 aliphatic rings. The summed E-state index contributed by atoms with van der Waals surface area (Å²) in [5.74, 6) is 1.64. The smallest absolute Gasteiger partial charge is 0.242 e. The Kier molecular flexibility index (Phi) is 5.83. The van der Waals surface area contributed by atoms with Crippen LogP contribution in [0.2, 0.25) is 0 Å². The third-order valence-corrected chi connectivity index (χ3v) is 6.67. The predicted octanol–water partition coefficient (Wildman–Crippen LogP) is 1.56. The first kappa shape index (κ1) is 18.4. The number of halogens is 1. The van der Waals surface area contributed by atoms with E-state index in [1.807, 2.05) is 19.1 Å². The molecule has 1 amide bonds. The normalized spacial score (nSPS) is 22.7. The van der Waals surface area contributed by atoms with Crippen molar-refractivity contribution in [2.75, 3.05) is 33.5 Å². The molecular formula is C14H20ClN3O3S2. The maximum atomic E-state index is 12.1. The van der Waals surface area contributed by atoms with Gasteiger partial charge in [-0.1, -0.05) is 6.07 Å². The van der Waals surface area contributed by atoms with Crippen LogP contribution in [0.1, 0.15) is 12.0 Å². The molecule has 128 valence electrons. The van der Waals surface area contributed by atoms with Gasteiger partial charge in [0.05, 0.1) is 17.5 Å². The fraction of sp³-hybridized carbons (Fsp3) is 0.500. The quantitative estimate of drug-likeness (QED) is 0.835. The Bertz CT molecular complexity index is 691. The molecule has 6 nitrogen and oxygen atoms in total. The second kappa shape index (κ2) is 7.29. The molecule has 0 aliphatic carbocycles.